The molecule has 0 saturated carbocycles. The molecule has 3 rings (SSSR count). The van der Waals surface area contributed by atoms with Gasteiger partial charge in [0.15, 0.2) is 5.13 Å². The summed E-state index contributed by atoms with van der Waals surface area (Å²) in [5.41, 5.74) is 1.87. The fourth-order valence-corrected chi connectivity index (χ4v) is 3.05. The van der Waals surface area contributed by atoms with Crippen molar-refractivity contribution in [1.29, 1.82) is 0 Å². The lowest BCUT2D eigenvalue weighted by atomic mass is 10.1. The lowest BCUT2D eigenvalue weighted by Crippen LogP contribution is -2.31. The van der Waals surface area contributed by atoms with Crippen molar-refractivity contribution in [2.75, 3.05) is 5.32 Å². The van der Waals surface area contributed by atoms with Crippen LogP contribution < -0.4 is 5.32 Å². The Kier molecular flexibility index (Phi) is 5.35. The standard InChI is InChI=1S/C16H14N2O2S.ClH/c19-15(20)13(10-11-6-2-1-3-7-11)18-16-17-12-8-4-5-9-14(12)21-16;/h1-9,13H,10H2,(H,17,18)(H,19,20);1H/t13-;/m0./s1. The van der Waals surface area contributed by atoms with Crippen molar-refractivity contribution in [2.24, 2.45) is 0 Å². The molecule has 4 nitrogen and oxygen atoms in total. The minimum atomic E-state index is -0.877. The molecule has 1 heterocycles. The summed E-state index contributed by atoms with van der Waals surface area (Å²) in [5.74, 6) is -0.877. The van der Waals surface area contributed by atoms with E-state index in [1.807, 2.05) is 54.6 Å². The van der Waals surface area contributed by atoms with Gasteiger partial charge in [0.2, 0.25) is 0 Å². The summed E-state index contributed by atoms with van der Waals surface area (Å²) in [7, 11) is 0. The van der Waals surface area contributed by atoms with Gasteiger partial charge in [-0.1, -0.05) is 53.8 Å². The lowest BCUT2D eigenvalue weighted by molar-refractivity contribution is -0.137. The highest BCUT2D eigenvalue weighted by molar-refractivity contribution is 7.22. The van der Waals surface area contributed by atoms with Crippen molar-refractivity contribution in [1.82, 2.24) is 4.98 Å². The van der Waals surface area contributed by atoms with Gasteiger partial charge in [-0.05, 0) is 17.7 Å². The third-order valence-corrected chi connectivity index (χ3v) is 4.14. The Morgan fingerprint density at radius 1 is 1.14 bits per heavy atom. The molecule has 0 fully saturated rings. The van der Waals surface area contributed by atoms with E-state index in [9.17, 15) is 9.90 Å². The van der Waals surface area contributed by atoms with Crippen molar-refractivity contribution in [3.05, 3.63) is 60.2 Å². The van der Waals surface area contributed by atoms with Crippen molar-refractivity contribution in [3.8, 4) is 0 Å². The highest BCUT2D eigenvalue weighted by atomic mass is 35.5. The molecule has 0 aliphatic carbocycles. The minimum absolute atomic E-state index is 0. The summed E-state index contributed by atoms with van der Waals surface area (Å²) in [5, 5.41) is 13.0. The minimum Gasteiger partial charge on any atom is -0.480 e. The number of benzene rings is 2. The molecule has 0 saturated heterocycles. The Morgan fingerprint density at radius 2 is 1.82 bits per heavy atom. The van der Waals surface area contributed by atoms with Gasteiger partial charge in [0.25, 0.3) is 0 Å². The van der Waals surface area contributed by atoms with Gasteiger partial charge in [-0.25, -0.2) is 9.78 Å². The summed E-state index contributed by atoms with van der Waals surface area (Å²) >= 11 is 1.47. The van der Waals surface area contributed by atoms with E-state index in [-0.39, 0.29) is 12.4 Å². The number of nitrogens with one attached hydrogen (secondary N) is 1. The molecule has 0 bridgehead atoms. The number of para-hydroxylation sites is 1. The third kappa shape index (κ3) is 3.75. The Morgan fingerprint density at radius 3 is 2.50 bits per heavy atom. The number of aliphatic carboxylic acids is 1. The normalized spacial score (nSPS) is 11.6. The maximum absolute atomic E-state index is 11.4. The summed E-state index contributed by atoms with van der Waals surface area (Å²) in [6, 6.07) is 16.7. The third-order valence-electron chi connectivity index (χ3n) is 3.17. The van der Waals surface area contributed by atoms with E-state index in [1.165, 1.54) is 11.3 Å². The first-order chi connectivity index (χ1) is 10.2. The number of hydrogen-bond acceptors (Lipinski definition) is 4. The summed E-state index contributed by atoms with van der Waals surface area (Å²) in [6.45, 7) is 0. The Hall–Kier alpha value is -2.11. The van der Waals surface area contributed by atoms with Gasteiger partial charge in [-0.2, -0.15) is 0 Å². The van der Waals surface area contributed by atoms with E-state index >= 15 is 0 Å². The Labute approximate surface area is 138 Å². The molecule has 1 aromatic heterocycles. The van der Waals surface area contributed by atoms with Crippen LogP contribution in [0.15, 0.2) is 54.6 Å². The fraction of sp³-hybridized carbons (Fsp3) is 0.125. The highest BCUT2D eigenvalue weighted by Gasteiger charge is 2.19. The molecule has 114 valence electrons. The number of fused-ring (bicyclic) bond motifs is 1. The van der Waals surface area contributed by atoms with Crippen molar-refractivity contribution in [3.63, 3.8) is 0 Å². The van der Waals surface area contributed by atoms with E-state index in [1.54, 1.807) is 0 Å². The van der Waals surface area contributed by atoms with Gasteiger partial charge in [-0.15, -0.1) is 12.4 Å². The average Bonchev–Trinajstić information content (AvgIpc) is 2.90. The quantitative estimate of drug-likeness (QED) is 0.744. The van der Waals surface area contributed by atoms with Gasteiger partial charge in [0.1, 0.15) is 6.04 Å². The zero-order chi connectivity index (χ0) is 14.7. The monoisotopic (exact) mass is 334 g/mol. The van der Waals surface area contributed by atoms with Crippen LogP contribution >= 0.6 is 23.7 Å². The number of nitrogens with zero attached hydrogens (tertiary/aromatic N) is 1. The molecule has 0 spiro atoms. The molecule has 0 radical (unpaired) electrons. The number of carboxylic acid groups (broad SMARTS) is 1. The zero-order valence-electron chi connectivity index (χ0n) is 11.6. The summed E-state index contributed by atoms with van der Waals surface area (Å²) in [6.07, 6.45) is 0.423. The summed E-state index contributed by atoms with van der Waals surface area (Å²) < 4.78 is 1.05. The predicted octanol–water partition coefficient (Wildman–Crippen LogP) is 3.83. The van der Waals surface area contributed by atoms with E-state index in [2.05, 4.69) is 10.3 Å². The van der Waals surface area contributed by atoms with Gasteiger partial charge in [-0.3, -0.25) is 0 Å². The van der Waals surface area contributed by atoms with Crippen LogP contribution in [0.4, 0.5) is 5.13 Å². The zero-order valence-corrected chi connectivity index (χ0v) is 13.2. The van der Waals surface area contributed by atoms with Crippen LogP contribution in [0.2, 0.25) is 0 Å². The number of thiazole rings is 1. The second-order valence-corrected chi connectivity index (χ2v) is 5.74. The number of halogens is 1. The van der Waals surface area contributed by atoms with Gasteiger partial charge in [0.05, 0.1) is 10.2 Å². The number of hydrogen-bond donors (Lipinski definition) is 2. The second-order valence-electron chi connectivity index (χ2n) is 4.71. The molecule has 0 amide bonds. The SMILES string of the molecule is Cl.O=C(O)[C@H](Cc1ccccc1)Nc1nc2ccccc2s1. The Bertz CT molecular complexity index is 728. The van der Waals surface area contributed by atoms with Crippen molar-refractivity contribution < 1.29 is 9.90 Å². The van der Waals surface area contributed by atoms with Crippen molar-refractivity contribution >= 4 is 45.1 Å². The molecule has 0 aliphatic rings. The largest absolute Gasteiger partial charge is 0.480 e. The lowest BCUT2D eigenvalue weighted by Gasteiger charge is -2.13. The van der Waals surface area contributed by atoms with Crippen LogP contribution in [0, 0.1) is 0 Å². The second kappa shape index (κ2) is 7.24. The molecule has 22 heavy (non-hydrogen) atoms. The van der Waals surface area contributed by atoms with E-state index < -0.39 is 12.0 Å². The van der Waals surface area contributed by atoms with Gasteiger partial charge >= 0.3 is 5.97 Å². The maximum Gasteiger partial charge on any atom is 0.326 e. The van der Waals surface area contributed by atoms with E-state index in [0.29, 0.717) is 11.6 Å². The van der Waals surface area contributed by atoms with Crippen LogP contribution in [0.5, 0.6) is 0 Å². The van der Waals surface area contributed by atoms with Crippen LogP contribution in [0.1, 0.15) is 5.56 Å². The van der Waals surface area contributed by atoms with Crippen LogP contribution in [0.25, 0.3) is 10.2 Å². The first-order valence-electron chi connectivity index (χ1n) is 6.61. The van der Waals surface area contributed by atoms with E-state index in [0.717, 1.165) is 15.8 Å². The molecule has 0 aliphatic heterocycles. The smallest absolute Gasteiger partial charge is 0.326 e. The van der Waals surface area contributed by atoms with Gasteiger partial charge in [0, 0.05) is 6.42 Å². The van der Waals surface area contributed by atoms with E-state index in [4.69, 9.17) is 0 Å². The first kappa shape index (κ1) is 16.3. The van der Waals surface area contributed by atoms with Crippen LogP contribution in [0.3, 0.4) is 0 Å². The molecule has 2 aromatic carbocycles. The molecule has 3 aromatic rings. The van der Waals surface area contributed by atoms with Gasteiger partial charge < -0.3 is 10.4 Å². The first-order valence-corrected chi connectivity index (χ1v) is 7.43. The highest BCUT2D eigenvalue weighted by Crippen LogP contribution is 2.26. The number of anilines is 1. The molecule has 6 heteroatoms. The molecule has 1 atom stereocenters. The average molecular weight is 335 g/mol. The van der Waals surface area contributed by atoms with Crippen molar-refractivity contribution in [2.45, 2.75) is 12.5 Å². The number of rotatable bonds is 5. The molecular weight excluding hydrogens is 320 g/mol. The number of aromatic nitrogens is 1. The topological polar surface area (TPSA) is 62.2 Å². The maximum atomic E-state index is 11.4. The number of carboxylic acids is 1. The fourth-order valence-electron chi connectivity index (χ4n) is 2.13. The predicted molar refractivity (Wildman–Crippen MR) is 92.1 cm³/mol. The van der Waals surface area contributed by atoms with Crippen LogP contribution in [-0.4, -0.2) is 22.1 Å². The molecular formula is C16H15ClN2O2S. The Balaban J connectivity index is 0.00000176. The number of carbonyl (C=O) groups is 1. The van der Waals surface area contributed by atoms with Crippen LogP contribution in [-0.2, 0) is 11.2 Å². The molecule has 2 N–H and O–H groups in total. The molecule has 0 unspecified atom stereocenters. The summed E-state index contributed by atoms with van der Waals surface area (Å²) in [4.78, 5) is 15.9.